The monoisotopic (exact) mass is 448 g/mol. The molecule has 174 valence electrons. The first kappa shape index (κ1) is 24.3. The quantitative estimate of drug-likeness (QED) is 0.683. The van der Waals surface area contributed by atoms with Gasteiger partial charge >= 0.3 is 6.03 Å². The lowest BCUT2D eigenvalue weighted by Gasteiger charge is -2.32. The minimum atomic E-state index is -0.464. The third kappa shape index (κ3) is 6.33. The molecule has 1 heterocycles. The van der Waals surface area contributed by atoms with Crippen LogP contribution in [0.2, 0.25) is 0 Å². The number of carbonyl (C=O) groups is 2. The van der Waals surface area contributed by atoms with Crippen molar-refractivity contribution in [3.63, 3.8) is 0 Å². The van der Waals surface area contributed by atoms with E-state index in [1.807, 2.05) is 62.1 Å². The summed E-state index contributed by atoms with van der Waals surface area (Å²) >= 11 is 0. The summed E-state index contributed by atoms with van der Waals surface area (Å²) in [5, 5.41) is 14.6. The van der Waals surface area contributed by atoms with Crippen LogP contribution in [0.25, 0.3) is 0 Å². The van der Waals surface area contributed by atoms with Gasteiger partial charge in [0.25, 0.3) is 5.91 Å². The molecular formula is C26H32N4O3. The first-order valence-corrected chi connectivity index (χ1v) is 11.2. The Balaban J connectivity index is 1.60. The van der Waals surface area contributed by atoms with Crippen LogP contribution in [0.3, 0.4) is 0 Å². The number of ether oxygens (including phenoxy) is 1. The number of urea groups is 1. The third-order valence-corrected chi connectivity index (χ3v) is 6.25. The summed E-state index contributed by atoms with van der Waals surface area (Å²) in [7, 11) is 1.60. The molecule has 0 unspecified atom stereocenters. The highest BCUT2D eigenvalue weighted by Gasteiger charge is 2.25. The smallest absolute Gasteiger partial charge is 0.319 e. The van der Waals surface area contributed by atoms with Crippen LogP contribution in [0.15, 0.2) is 42.5 Å². The molecule has 0 spiro atoms. The standard InChI is InChI=1S/C26H32N4O3/c1-18-5-8-22(15-23(18)29-25(32)28-17-26(2,3)33-4)24(31)30-13-11-21(12-14-30)20-9-6-19(16-27)7-10-20/h5-10,15,21H,11-14,17H2,1-4H3,(H2,28,29,32). The van der Waals surface area contributed by atoms with Gasteiger partial charge in [0.05, 0.1) is 17.2 Å². The first-order chi connectivity index (χ1) is 15.7. The predicted molar refractivity (Wildman–Crippen MR) is 128 cm³/mol. The molecule has 3 rings (SSSR count). The zero-order valence-corrected chi connectivity index (χ0v) is 19.8. The van der Waals surface area contributed by atoms with Gasteiger partial charge in [0.15, 0.2) is 0 Å². The molecule has 0 aliphatic carbocycles. The summed E-state index contributed by atoms with van der Waals surface area (Å²) in [6, 6.07) is 14.9. The lowest BCUT2D eigenvalue weighted by atomic mass is 9.89. The van der Waals surface area contributed by atoms with Gasteiger partial charge in [-0.3, -0.25) is 4.79 Å². The van der Waals surface area contributed by atoms with Crippen LogP contribution in [-0.4, -0.2) is 49.2 Å². The van der Waals surface area contributed by atoms with Crippen molar-refractivity contribution in [2.75, 3.05) is 32.1 Å². The van der Waals surface area contributed by atoms with Crippen molar-refractivity contribution in [1.82, 2.24) is 10.2 Å². The Labute approximate surface area is 195 Å². The highest BCUT2D eigenvalue weighted by atomic mass is 16.5. The number of piperidine rings is 1. The summed E-state index contributed by atoms with van der Waals surface area (Å²) in [6.45, 7) is 7.39. The van der Waals surface area contributed by atoms with Gasteiger partial charge in [-0.1, -0.05) is 18.2 Å². The molecule has 0 bridgehead atoms. The third-order valence-electron chi connectivity index (χ3n) is 6.25. The Kier molecular flexibility index (Phi) is 7.72. The van der Waals surface area contributed by atoms with E-state index in [0.29, 0.717) is 42.4 Å². The molecule has 33 heavy (non-hydrogen) atoms. The van der Waals surface area contributed by atoms with Crippen LogP contribution in [-0.2, 0) is 4.74 Å². The number of likely N-dealkylation sites (tertiary alicyclic amines) is 1. The average Bonchev–Trinajstić information content (AvgIpc) is 2.84. The molecular weight excluding hydrogens is 416 g/mol. The van der Waals surface area contributed by atoms with Crippen LogP contribution in [0.1, 0.15) is 59.7 Å². The maximum Gasteiger partial charge on any atom is 0.319 e. The van der Waals surface area contributed by atoms with Crippen LogP contribution >= 0.6 is 0 Å². The second kappa shape index (κ2) is 10.5. The summed E-state index contributed by atoms with van der Waals surface area (Å²) < 4.78 is 5.32. The van der Waals surface area contributed by atoms with Gasteiger partial charge in [0.1, 0.15) is 0 Å². The van der Waals surface area contributed by atoms with Crippen molar-refractivity contribution < 1.29 is 14.3 Å². The fourth-order valence-corrected chi connectivity index (χ4v) is 3.85. The molecule has 1 fully saturated rings. The topological polar surface area (TPSA) is 94.5 Å². The second-order valence-electron chi connectivity index (χ2n) is 9.10. The number of benzene rings is 2. The van der Waals surface area contributed by atoms with Crippen molar-refractivity contribution in [3.05, 3.63) is 64.7 Å². The number of nitrogens with zero attached hydrogens (tertiary/aromatic N) is 2. The van der Waals surface area contributed by atoms with Crippen LogP contribution in [0.5, 0.6) is 0 Å². The molecule has 1 aliphatic rings. The van der Waals surface area contributed by atoms with Crippen LogP contribution in [0.4, 0.5) is 10.5 Å². The highest BCUT2D eigenvalue weighted by molar-refractivity contribution is 5.97. The molecule has 2 aromatic rings. The van der Waals surface area contributed by atoms with Crippen molar-refractivity contribution in [2.24, 2.45) is 0 Å². The van der Waals surface area contributed by atoms with E-state index in [2.05, 4.69) is 16.7 Å². The van der Waals surface area contributed by atoms with Gasteiger partial charge in [-0.05, 0) is 74.9 Å². The van der Waals surface area contributed by atoms with E-state index in [4.69, 9.17) is 10.00 Å². The van der Waals surface area contributed by atoms with Crippen LogP contribution in [0, 0.1) is 18.3 Å². The van der Waals surface area contributed by atoms with Gasteiger partial charge in [-0.2, -0.15) is 5.26 Å². The lowest BCUT2D eigenvalue weighted by molar-refractivity contribution is 0.0257. The Bertz CT molecular complexity index is 1030. The second-order valence-corrected chi connectivity index (χ2v) is 9.10. The Morgan fingerprint density at radius 3 is 2.42 bits per heavy atom. The Morgan fingerprint density at radius 1 is 1.15 bits per heavy atom. The predicted octanol–water partition coefficient (Wildman–Crippen LogP) is 4.43. The lowest BCUT2D eigenvalue weighted by Crippen LogP contribution is -2.41. The SMILES string of the molecule is COC(C)(C)CNC(=O)Nc1cc(C(=O)N2CCC(c3ccc(C#N)cc3)CC2)ccc1C. The molecule has 2 N–H and O–H groups in total. The molecule has 0 saturated carbocycles. The molecule has 3 amide bonds. The largest absolute Gasteiger partial charge is 0.377 e. The maximum atomic E-state index is 13.1. The van der Waals surface area contributed by atoms with E-state index in [1.54, 1.807) is 13.2 Å². The molecule has 0 aromatic heterocycles. The number of hydrogen-bond acceptors (Lipinski definition) is 4. The van der Waals surface area contributed by atoms with Gasteiger partial charge < -0.3 is 20.3 Å². The van der Waals surface area contributed by atoms with E-state index >= 15 is 0 Å². The number of methoxy groups -OCH3 is 1. The number of carbonyl (C=O) groups excluding carboxylic acids is 2. The van der Waals surface area contributed by atoms with E-state index in [1.165, 1.54) is 5.56 Å². The van der Waals surface area contributed by atoms with Gasteiger partial charge in [0, 0.05) is 38.0 Å². The molecule has 2 aromatic carbocycles. The average molecular weight is 449 g/mol. The summed E-state index contributed by atoms with van der Waals surface area (Å²) in [4.78, 5) is 27.3. The van der Waals surface area contributed by atoms with E-state index in [0.717, 1.165) is 18.4 Å². The number of anilines is 1. The first-order valence-electron chi connectivity index (χ1n) is 11.2. The van der Waals surface area contributed by atoms with Crippen molar-refractivity contribution in [1.29, 1.82) is 5.26 Å². The van der Waals surface area contributed by atoms with Crippen LogP contribution < -0.4 is 10.6 Å². The van der Waals surface area contributed by atoms with Crippen molar-refractivity contribution in [2.45, 2.75) is 45.1 Å². The maximum absolute atomic E-state index is 13.1. The number of amides is 3. The molecule has 1 aliphatic heterocycles. The molecule has 0 radical (unpaired) electrons. The van der Waals surface area contributed by atoms with Crippen molar-refractivity contribution in [3.8, 4) is 6.07 Å². The van der Waals surface area contributed by atoms with Gasteiger partial charge in [-0.15, -0.1) is 0 Å². The number of rotatable bonds is 6. The number of aryl methyl sites for hydroxylation is 1. The number of nitriles is 1. The Morgan fingerprint density at radius 2 is 1.82 bits per heavy atom. The van der Waals surface area contributed by atoms with Crippen molar-refractivity contribution >= 4 is 17.6 Å². The van der Waals surface area contributed by atoms with E-state index in [-0.39, 0.29) is 11.9 Å². The minimum Gasteiger partial charge on any atom is -0.377 e. The fraction of sp³-hybridized carbons (Fsp3) is 0.423. The summed E-state index contributed by atoms with van der Waals surface area (Å²) in [5.41, 5.74) is 3.46. The zero-order valence-electron chi connectivity index (χ0n) is 19.8. The Hall–Kier alpha value is -3.37. The molecule has 1 saturated heterocycles. The molecule has 7 heteroatoms. The van der Waals surface area contributed by atoms with E-state index in [9.17, 15) is 9.59 Å². The zero-order chi connectivity index (χ0) is 24.0. The number of hydrogen-bond donors (Lipinski definition) is 2. The fourth-order valence-electron chi connectivity index (χ4n) is 3.85. The summed E-state index contributed by atoms with van der Waals surface area (Å²) in [6.07, 6.45) is 1.76. The number of nitrogens with one attached hydrogen (secondary N) is 2. The minimum absolute atomic E-state index is 0.0303. The van der Waals surface area contributed by atoms with E-state index < -0.39 is 5.60 Å². The molecule has 0 atom stereocenters. The highest BCUT2D eigenvalue weighted by Crippen LogP contribution is 2.29. The van der Waals surface area contributed by atoms with Gasteiger partial charge in [0.2, 0.25) is 0 Å². The summed E-state index contributed by atoms with van der Waals surface area (Å²) in [5.74, 6) is 0.356. The molecule has 7 nitrogen and oxygen atoms in total. The van der Waals surface area contributed by atoms with Gasteiger partial charge in [-0.25, -0.2) is 4.79 Å². The normalized spacial score (nSPS) is 14.5.